The normalized spacial score (nSPS) is 14.6. The first-order valence-electron chi connectivity index (χ1n) is 40.1. The van der Waals surface area contributed by atoms with Crippen LogP contribution in [0, 0.1) is 0 Å². The maximum atomic E-state index is 13.1. The molecular formula is C85H142O17P2. The molecule has 0 saturated heterocycles. The smallest absolute Gasteiger partial charge is 0.462 e. The molecule has 0 heterocycles. The van der Waals surface area contributed by atoms with Crippen LogP contribution < -0.4 is 0 Å². The van der Waals surface area contributed by atoms with Gasteiger partial charge in [-0.3, -0.25) is 37.3 Å². The molecule has 0 aliphatic carbocycles. The number of carbonyl (C=O) groups excluding carboxylic acids is 4. The second kappa shape index (κ2) is 76.1. The number of allylic oxidation sites excluding steroid dienone is 24. The van der Waals surface area contributed by atoms with Crippen LogP contribution in [-0.4, -0.2) is 96.7 Å². The summed E-state index contributed by atoms with van der Waals surface area (Å²) >= 11 is 0. The third-order valence-corrected chi connectivity index (χ3v) is 18.2. The van der Waals surface area contributed by atoms with Crippen LogP contribution in [0.25, 0.3) is 0 Å². The molecule has 594 valence electrons. The summed E-state index contributed by atoms with van der Waals surface area (Å²) in [6.45, 7) is 4.47. The topological polar surface area (TPSA) is 237 Å². The van der Waals surface area contributed by atoms with Crippen molar-refractivity contribution < 1.29 is 80.2 Å². The summed E-state index contributed by atoms with van der Waals surface area (Å²) in [6, 6.07) is 0. The molecule has 0 aromatic heterocycles. The highest BCUT2D eigenvalue weighted by Gasteiger charge is 2.30. The lowest BCUT2D eigenvalue weighted by atomic mass is 10.0. The fourth-order valence-corrected chi connectivity index (χ4v) is 11.9. The Bertz CT molecular complexity index is 2540. The Morgan fingerprint density at radius 1 is 0.279 bits per heavy atom. The fourth-order valence-electron chi connectivity index (χ4n) is 10.3. The Morgan fingerprint density at radius 2 is 0.538 bits per heavy atom. The van der Waals surface area contributed by atoms with Gasteiger partial charge in [0.1, 0.15) is 19.3 Å². The highest BCUT2D eigenvalue weighted by molar-refractivity contribution is 7.47. The quantitative estimate of drug-likeness (QED) is 0.0169. The lowest BCUT2D eigenvalue weighted by Gasteiger charge is -2.21. The Morgan fingerprint density at radius 3 is 0.865 bits per heavy atom. The van der Waals surface area contributed by atoms with Gasteiger partial charge in [0.2, 0.25) is 0 Å². The SMILES string of the molecule is CC/C=C\C/C=C\C/C=C\C/C=C\C/C=C\C/C=C\CCC(=O)OCC(COP(=O)(O)OCC(O)COP(=O)(O)OCC(COC(=O)CCCCCCCCCCCCCCCCC)OC(=O)CCCCCCC/C=C\C/C=C\CCC)OC(=O)CCCCCC/C=C\C/C=C\C/C=C\C/C=C\CC. The van der Waals surface area contributed by atoms with Crippen molar-refractivity contribution in [1.82, 2.24) is 0 Å². The Balaban J connectivity index is 5.45. The van der Waals surface area contributed by atoms with Gasteiger partial charge in [-0.05, 0) is 128 Å². The van der Waals surface area contributed by atoms with Crippen LogP contribution in [0.2, 0.25) is 0 Å². The van der Waals surface area contributed by atoms with E-state index < -0.39 is 97.5 Å². The predicted octanol–water partition coefficient (Wildman–Crippen LogP) is 23.4. The summed E-state index contributed by atoms with van der Waals surface area (Å²) in [7, 11) is -9.99. The van der Waals surface area contributed by atoms with Crippen LogP contribution in [0.5, 0.6) is 0 Å². The van der Waals surface area contributed by atoms with Crippen molar-refractivity contribution in [3.8, 4) is 0 Å². The highest BCUT2D eigenvalue weighted by atomic mass is 31.2. The van der Waals surface area contributed by atoms with Crippen molar-refractivity contribution >= 4 is 39.5 Å². The first kappa shape index (κ1) is 98.9. The van der Waals surface area contributed by atoms with E-state index in [-0.39, 0.29) is 25.7 Å². The lowest BCUT2D eigenvalue weighted by Crippen LogP contribution is -2.30. The molecule has 5 unspecified atom stereocenters. The first-order chi connectivity index (χ1) is 50.7. The van der Waals surface area contributed by atoms with Gasteiger partial charge >= 0.3 is 39.5 Å². The van der Waals surface area contributed by atoms with Crippen molar-refractivity contribution in [3.05, 3.63) is 146 Å². The largest absolute Gasteiger partial charge is 0.472 e. The number of unbranched alkanes of at least 4 members (excludes halogenated alkanes) is 24. The van der Waals surface area contributed by atoms with Gasteiger partial charge in [0.25, 0.3) is 0 Å². The molecule has 5 atom stereocenters. The summed E-state index contributed by atoms with van der Waals surface area (Å²) in [5.41, 5.74) is 0. The van der Waals surface area contributed by atoms with Gasteiger partial charge in [-0.1, -0.05) is 302 Å². The van der Waals surface area contributed by atoms with Gasteiger partial charge < -0.3 is 33.8 Å². The number of rotatable bonds is 74. The molecule has 0 fully saturated rings. The zero-order valence-corrected chi connectivity index (χ0v) is 66.7. The zero-order valence-electron chi connectivity index (χ0n) is 64.9. The number of phosphoric acid groups is 2. The van der Waals surface area contributed by atoms with E-state index in [0.717, 1.165) is 154 Å². The van der Waals surface area contributed by atoms with Crippen LogP contribution in [0.4, 0.5) is 0 Å². The van der Waals surface area contributed by atoms with Gasteiger partial charge in [0.05, 0.1) is 26.4 Å². The molecule has 104 heavy (non-hydrogen) atoms. The van der Waals surface area contributed by atoms with E-state index >= 15 is 0 Å². The molecular weight excluding hydrogens is 1350 g/mol. The summed E-state index contributed by atoms with van der Waals surface area (Å²) < 4.78 is 68.5. The average molecular weight is 1500 g/mol. The van der Waals surface area contributed by atoms with Gasteiger partial charge in [0.15, 0.2) is 12.2 Å². The van der Waals surface area contributed by atoms with E-state index in [1.165, 1.54) is 70.6 Å². The molecule has 0 spiro atoms. The molecule has 19 heteroatoms. The zero-order chi connectivity index (χ0) is 76.0. The standard InChI is InChI=1S/C85H142O17P2/c1-5-9-13-17-21-25-29-33-36-38-39-41-43-47-50-54-58-62-66-70-83(88)96-76-81(102-85(90)72-68-64-60-56-52-48-44-40-37-34-30-26-22-18-14-10-6-2)78-100-104(93,94)98-74-79(86)73-97-103(91,92)99-77-80(101-84(89)71-67-63-59-55-51-45-32-28-24-20-16-12-8-4)75-95-82(87)69-65-61-57-53-49-46-42-35-31-27-23-19-15-11-7-3/h9-10,13-14,16,20-22,25-26,28,32-34,36-37,39,41,44,47-48,50,58,62,79-81,86H,5-8,11-12,15,17-19,23-24,27,29-31,35,38,40,42-43,45-46,49,51-57,59-61,63-78H2,1-4H3,(H,91,92)(H,93,94)/b13-9-,14-10-,20-16-,25-21-,26-22-,32-28-,36-33-,37-34-,41-39-,48-44-,50-47-,62-58-. The van der Waals surface area contributed by atoms with Gasteiger partial charge in [-0.2, -0.15) is 0 Å². The Kier molecular flexibility index (Phi) is 72.4. The van der Waals surface area contributed by atoms with Crippen molar-refractivity contribution in [2.45, 2.75) is 329 Å². The van der Waals surface area contributed by atoms with E-state index in [0.29, 0.717) is 32.1 Å². The van der Waals surface area contributed by atoms with E-state index in [1.54, 1.807) is 0 Å². The molecule has 0 bridgehead atoms. The second-order valence-electron chi connectivity index (χ2n) is 26.2. The summed E-state index contributed by atoms with van der Waals surface area (Å²) in [4.78, 5) is 73.0. The maximum Gasteiger partial charge on any atom is 0.472 e. The number of ether oxygens (including phenoxy) is 4. The van der Waals surface area contributed by atoms with E-state index in [4.69, 9.17) is 37.0 Å². The van der Waals surface area contributed by atoms with Crippen LogP contribution in [0.15, 0.2) is 146 Å². The number of carbonyl (C=O) groups is 4. The number of hydrogen-bond donors (Lipinski definition) is 3. The molecule has 0 aliphatic rings. The van der Waals surface area contributed by atoms with Gasteiger partial charge in [-0.25, -0.2) is 9.13 Å². The summed E-state index contributed by atoms with van der Waals surface area (Å²) in [6.07, 6.45) is 87.0. The van der Waals surface area contributed by atoms with Crippen LogP contribution in [-0.2, 0) is 65.4 Å². The summed E-state index contributed by atoms with van der Waals surface area (Å²) in [5.74, 6) is -2.31. The average Bonchev–Trinajstić information content (AvgIpc) is 0.911. The van der Waals surface area contributed by atoms with Crippen LogP contribution in [0.1, 0.15) is 310 Å². The predicted molar refractivity (Wildman–Crippen MR) is 427 cm³/mol. The second-order valence-corrected chi connectivity index (χ2v) is 29.2. The van der Waals surface area contributed by atoms with E-state index in [1.807, 2.05) is 18.2 Å². The Labute approximate surface area is 630 Å². The maximum absolute atomic E-state index is 13.1. The third kappa shape index (κ3) is 75.2. The lowest BCUT2D eigenvalue weighted by molar-refractivity contribution is -0.161. The highest BCUT2D eigenvalue weighted by Crippen LogP contribution is 2.45. The molecule has 0 saturated carbocycles. The Hall–Kier alpha value is -5.06. The number of aliphatic hydroxyl groups is 1. The van der Waals surface area contributed by atoms with Crippen molar-refractivity contribution in [2.24, 2.45) is 0 Å². The van der Waals surface area contributed by atoms with Crippen molar-refractivity contribution in [3.63, 3.8) is 0 Å². The van der Waals surface area contributed by atoms with Gasteiger partial charge in [0, 0.05) is 25.7 Å². The molecule has 3 N–H and O–H groups in total. The minimum atomic E-state index is -5.01. The molecule has 0 aromatic carbocycles. The third-order valence-electron chi connectivity index (χ3n) is 16.3. The monoisotopic (exact) mass is 1500 g/mol. The first-order valence-corrected chi connectivity index (χ1v) is 43.1. The van der Waals surface area contributed by atoms with E-state index in [9.17, 15) is 43.2 Å². The minimum Gasteiger partial charge on any atom is -0.462 e. The van der Waals surface area contributed by atoms with Crippen molar-refractivity contribution in [1.29, 1.82) is 0 Å². The van der Waals surface area contributed by atoms with E-state index in [2.05, 4.69) is 155 Å². The number of aliphatic hydroxyl groups excluding tert-OH is 1. The van der Waals surface area contributed by atoms with Crippen LogP contribution >= 0.6 is 15.6 Å². The van der Waals surface area contributed by atoms with Crippen molar-refractivity contribution in [2.75, 3.05) is 39.6 Å². The molecule has 0 aliphatic heterocycles. The fraction of sp³-hybridized carbons (Fsp3) is 0.671. The molecule has 0 aromatic rings. The number of phosphoric ester groups is 2. The number of hydrogen-bond acceptors (Lipinski definition) is 15. The molecule has 17 nitrogen and oxygen atoms in total. The van der Waals surface area contributed by atoms with Gasteiger partial charge in [-0.15, -0.1) is 0 Å². The molecule has 0 rings (SSSR count). The molecule has 0 radical (unpaired) electrons. The minimum absolute atomic E-state index is 0.0260. The number of esters is 4. The molecule has 0 amide bonds. The van der Waals surface area contributed by atoms with Crippen LogP contribution in [0.3, 0.4) is 0 Å². The summed E-state index contributed by atoms with van der Waals surface area (Å²) in [5, 5.41) is 10.6.